The zero-order valence-corrected chi connectivity index (χ0v) is 7.88. The zero-order valence-electron chi connectivity index (χ0n) is 7.88. The van der Waals surface area contributed by atoms with Crippen molar-refractivity contribution in [2.45, 2.75) is 37.9 Å². The van der Waals surface area contributed by atoms with Crippen LogP contribution in [-0.2, 0) is 0 Å². The predicted octanol–water partition coefficient (Wildman–Crippen LogP) is 1.64. The lowest BCUT2D eigenvalue weighted by Crippen LogP contribution is -2.49. The summed E-state index contributed by atoms with van der Waals surface area (Å²) < 4.78 is 0. The summed E-state index contributed by atoms with van der Waals surface area (Å²) >= 11 is 0. The second-order valence-electron chi connectivity index (χ2n) is 3.53. The second-order valence-corrected chi connectivity index (χ2v) is 3.53. The van der Waals surface area contributed by atoms with E-state index in [2.05, 4.69) is 13.2 Å². The first-order chi connectivity index (χ1) is 5.37. The van der Waals surface area contributed by atoms with Crippen LogP contribution in [0.15, 0.2) is 25.3 Å². The molecule has 70 valence electrons. The van der Waals surface area contributed by atoms with Gasteiger partial charge in [-0.25, -0.2) is 0 Å². The highest BCUT2D eigenvalue weighted by atomic mass is 16.4. The Morgan fingerprint density at radius 3 is 1.42 bits per heavy atom. The maximum absolute atomic E-state index is 9.80. The molecule has 2 nitrogen and oxygen atoms in total. The van der Waals surface area contributed by atoms with Crippen LogP contribution in [-0.4, -0.2) is 21.4 Å². The Kier molecular flexibility index (Phi) is 3.68. The van der Waals surface area contributed by atoms with Gasteiger partial charge in [-0.05, 0) is 26.7 Å². The first kappa shape index (κ1) is 11.4. The van der Waals surface area contributed by atoms with Gasteiger partial charge in [-0.15, -0.1) is 13.2 Å². The van der Waals surface area contributed by atoms with Gasteiger partial charge in [0.05, 0.1) is 11.2 Å². The van der Waals surface area contributed by atoms with E-state index < -0.39 is 11.2 Å². The lowest BCUT2D eigenvalue weighted by atomic mass is 9.81. The van der Waals surface area contributed by atoms with Gasteiger partial charge in [0.15, 0.2) is 0 Å². The first-order valence-electron chi connectivity index (χ1n) is 4.04. The molecule has 0 spiro atoms. The minimum absolute atomic E-state index is 0.369. The Morgan fingerprint density at radius 2 is 1.25 bits per heavy atom. The smallest absolute Gasteiger partial charge is 0.0939 e. The van der Waals surface area contributed by atoms with Gasteiger partial charge in [0.2, 0.25) is 0 Å². The third kappa shape index (κ3) is 2.47. The topological polar surface area (TPSA) is 40.5 Å². The Balaban J connectivity index is 4.48. The van der Waals surface area contributed by atoms with Gasteiger partial charge in [0.1, 0.15) is 0 Å². The van der Waals surface area contributed by atoms with Gasteiger partial charge in [-0.2, -0.15) is 0 Å². The molecule has 0 aromatic heterocycles. The van der Waals surface area contributed by atoms with Crippen LogP contribution in [0, 0.1) is 0 Å². The molecular formula is C10H18O2. The average molecular weight is 170 g/mol. The van der Waals surface area contributed by atoms with Crippen molar-refractivity contribution in [1.29, 1.82) is 0 Å². The molecule has 0 bridgehead atoms. The molecule has 0 aliphatic carbocycles. The van der Waals surface area contributed by atoms with E-state index in [1.165, 1.54) is 0 Å². The minimum Gasteiger partial charge on any atom is -0.387 e. The zero-order chi connectivity index (χ0) is 9.83. The number of hydrogen-bond donors (Lipinski definition) is 2. The molecule has 0 saturated carbocycles. The van der Waals surface area contributed by atoms with Gasteiger partial charge in [0, 0.05) is 0 Å². The average Bonchev–Trinajstić information content (AvgIpc) is 1.86. The van der Waals surface area contributed by atoms with E-state index in [0.717, 1.165) is 0 Å². The number of aliphatic hydroxyl groups is 2. The maximum atomic E-state index is 9.80. The summed E-state index contributed by atoms with van der Waals surface area (Å²) in [5, 5.41) is 19.6. The first-order valence-corrected chi connectivity index (χ1v) is 4.04. The van der Waals surface area contributed by atoms with E-state index in [1.807, 2.05) is 0 Å². The van der Waals surface area contributed by atoms with Crippen molar-refractivity contribution in [3.05, 3.63) is 25.3 Å². The minimum atomic E-state index is -1.14. The van der Waals surface area contributed by atoms with Crippen LogP contribution >= 0.6 is 0 Å². The van der Waals surface area contributed by atoms with Crippen molar-refractivity contribution in [3.8, 4) is 0 Å². The fourth-order valence-corrected chi connectivity index (χ4v) is 1.00. The van der Waals surface area contributed by atoms with E-state index in [0.29, 0.717) is 12.8 Å². The summed E-state index contributed by atoms with van der Waals surface area (Å²) in [4.78, 5) is 0. The molecule has 12 heavy (non-hydrogen) atoms. The van der Waals surface area contributed by atoms with Crippen molar-refractivity contribution < 1.29 is 10.2 Å². The summed E-state index contributed by atoms with van der Waals surface area (Å²) in [6.07, 6.45) is 3.93. The largest absolute Gasteiger partial charge is 0.387 e. The second kappa shape index (κ2) is 3.87. The van der Waals surface area contributed by atoms with Crippen LogP contribution in [0.5, 0.6) is 0 Å². The van der Waals surface area contributed by atoms with E-state index in [9.17, 15) is 10.2 Å². The van der Waals surface area contributed by atoms with Crippen molar-refractivity contribution in [1.82, 2.24) is 0 Å². The van der Waals surface area contributed by atoms with Crippen LogP contribution in [0.1, 0.15) is 26.7 Å². The van der Waals surface area contributed by atoms with Gasteiger partial charge in [-0.1, -0.05) is 12.2 Å². The van der Waals surface area contributed by atoms with Gasteiger partial charge in [0.25, 0.3) is 0 Å². The third-order valence-electron chi connectivity index (χ3n) is 2.24. The molecule has 0 fully saturated rings. The molecule has 0 aromatic carbocycles. The Bertz CT molecular complexity index is 149. The van der Waals surface area contributed by atoms with Crippen LogP contribution in [0.4, 0.5) is 0 Å². The van der Waals surface area contributed by atoms with Gasteiger partial charge < -0.3 is 10.2 Å². The standard InChI is InChI=1S/C10H18O2/c1-5-7-9(3,11)10(4,12)8-6-2/h5-6,11-12H,1-2,7-8H2,3-4H3/t9-,10-/m0/s1. The van der Waals surface area contributed by atoms with E-state index in [-0.39, 0.29) is 0 Å². The quantitative estimate of drug-likeness (QED) is 0.616. The highest BCUT2D eigenvalue weighted by Gasteiger charge is 2.39. The number of rotatable bonds is 5. The summed E-state index contributed by atoms with van der Waals surface area (Å²) in [6, 6.07) is 0. The molecule has 2 heteroatoms. The van der Waals surface area contributed by atoms with E-state index in [1.54, 1.807) is 26.0 Å². The van der Waals surface area contributed by atoms with E-state index >= 15 is 0 Å². The lowest BCUT2D eigenvalue weighted by molar-refractivity contribution is -0.126. The SMILES string of the molecule is C=CC[C@](C)(O)[C@@](C)(O)CC=C. The highest BCUT2D eigenvalue weighted by Crippen LogP contribution is 2.28. The molecule has 0 amide bonds. The van der Waals surface area contributed by atoms with Crippen LogP contribution in [0.3, 0.4) is 0 Å². The van der Waals surface area contributed by atoms with Crippen molar-refractivity contribution in [3.63, 3.8) is 0 Å². The molecule has 2 N–H and O–H groups in total. The molecule has 0 aliphatic heterocycles. The molecule has 0 aromatic rings. The summed E-state index contributed by atoms with van der Waals surface area (Å²) in [6.45, 7) is 10.2. The summed E-state index contributed by atoms with van der Waals surface area (Å²) in [5.41, 5.74) is -2.27. The Hall–Kier alpha value is -0.600. The highest BCUT2D eigenvalue weighted by molar-refractivity contribution is 5.00. The molecule has 0 radical (unpaired) electrons. The molecule has 2 atom stereocenters. The monoisotopic (exact) mass is 170 g/mol. The number of hydrogen-bond acceptors (Lipinski definition) is 2. The molecule has 0 rings (SSSR count). The van der Waals surface area contributed by atoms with Crippen LogP contribution in [0.2, 0.25) is 0 Å². The molecule has 0 heterocycles. The van der Waals surface area contributed by atoms with Crippen molar-refractivity contribution in [2.24, 2.45) is 0 Å². The predicted molar refractivity (Wildman–Crippen MR) is 50.9 cm³/mol. The van der Waals surface area contributed by atoms with Crippen LogP contribution in [0.25, 0.3) is 0 Å². The summed E-state index contributed by atoms with van der Waals surface area (Å²) in [5.74, 6) is 0. The fourth-order valence-electron chi connectivity index (χ4n) is 1.00. The molecule has 0 saturated heterocycles. The van der Waals surface area contributed by atoms with Gasteiger partial charge in [-0.3, -0.25) is 0 Å². The maximum Gasteiger partial charge on any atom is 0.0939 e. The lowest BCUT2D eigenvalue weighted by Gasteiger charge is -2.37. The fraction of sp³-hybridized carbons (Fsp3) is 0.600. The molecular weight excluding hydrogens is 152 g/mol. The Labute approximate surface area is 74.2 Å². The molecule has 0 unspecified atom stereocenters. The normalized spacial score (nSPS) is 20.7. The Morgan fingerprint density at radius 1 is 1.00 bits per heavy atom. The summed E-state index contributed by atoms with van der Waals surface area (Å²) in [7, 11) is 0. The van der Waals surface area contributed by atoms with E-state index in [4.69, 9.17) is 0 Å². The molecule has 0 aliphatic rings. The van der Waals surface area contributed by atoms with Crippen molar-refractivity contribution >= 4 is 0 Å². The van der Waals surface area contributed by atoms with Crippen molar-refractivity contribution in [2.75, 3.05) is 0 Å². The van der Waals surface area contributed by atoms with Gasteiger partial charge >= 0.3 is 0 Å². The third-order valence-corrected chi connectivity index (χ3v) is 2.24. The van der Waals surface area contributed by atoms with Crippen LogP contribution < -0.4 is 0 Å².